The normalized spacial score (nSPS) is 28.2. The highest BCUT2D eigenvalue weighted by Crippen LogP contribution is 2.30. The first-order valence-corrected chi connectivity index (χ1v) is 9.63. The number of carbonyl (C=O) groups is 1. The Bertz CT molecular complexity index is 449. The second-order valence-corrected chi connectivity index (χ2v) is 8.41. The first kappa shape index (κ1) is 15.8. The van der Waals surface area contributed by atoms with E-state index in [4.69, 9.17) is 0 Å². The molecule has 0 saturated carbocycles. The standard InChI is InChI=1S/C14H26N2O3S/c1-12(17)16-10-4-7-14(16)13-6-3-8-15(13)9-5-11-20(2,18)19/h13-14H,3-11H2,1-2H3/t13-,14-/m1/s1. The lowest BCUT2D eigenvalue weighted by Gasteiger charge is -2.34. The molecule has 6 heteroatoms. The molecule has 0 unspecified atom stereocenters. The van der Waals surface area contributed by atoms with Crippen LogP contribution in [-0.2, 0) is 14.6 Å². The fourth-order valence-electron chi connectivity index (χ4n) is 3.68. The van der Waals surface area contributed by atoms with Crippen LogP contribution in [0.15, 0.2) is 0 Å². The Hall–Kier alpha value is -0.620. The Morgan fingerprint density at radius 3 is 2.45 bits per heavy atom. The van der Waals surface area contributed by atoms with Crippen LogP contribution in [0.4, 0.5) is 0 Å². The van der Waals surface area contributed by atoms with Gasteiger partial charge in [0.15, 0.2) is 0 Å². The fraction of sp³-hybridized carbons (Fsp3) is 0.929. The summed E-state index contributed by atoms with van der Waals surface area (Å²) in [5.74, 6) is 0.438. The average Bonchev–Trinajstić information content (AvgIpc) is 2.93. The number of nitrogens with zero attached hydrogens (tertiary/aromatic N) is 2. The molecule has 0 aromatic rings. The minimum Gasteiger partial charge on any atom is -0.338 e. The summed E-state index contributed by atoms with van der Waals surface area (Å²) in [6, 6.07) is 0.772. The van der Waals surface area contributed by atoms with Crippen LogP contribution in [0.25, 0.3) is 0 Å². The zero-order valence-electron chi connectivity index (χ0n) is 12.5. The van der Waals surface area contributed by atoms with Crippen LogP contribution in [0.3, 0.4) is 0 Å². The number of sulfone groups is 1. The smallest absolute Gasteiger partial charge is 0.219 e. The summed E-state index contributed by atoms with van der Waals surface area (Å²) in [4.78, 5) is 16.1. The van der Waals surface area contributed by atoms with Crippen LogP contribution in [0.2, 0.25) is 0 Å². The van der Waals surface area contributed by atoms with Crippen molar-refractivity contribution in [2.45, 2.75) is 51.1 Å². The van der Waals surface area contributed by atoms with Crippen molar-refractivity contribution in [2.24, 2.45) is 0 Å². The van der Waals surface area contributed by atoms with E-state index < -0.39 is 9.84 Å². The summed E-state index contributed by atoms with van der Waals surface area (Å²) < 4.78 is 22.4. The predicted octanol–water partition coefficient (Wildman–Crippen LogP) is 0.896. The zero-order valence-corrected chi connectivity index (χ0v) is 13.4. The molecule has 0 spiro atoms. The van der Waals surface area contributed by atoms with Crippen molar-refractivity contribution in [2.75, 3.05) is 31.6 Å². The Labute approximate surface area is 122 Å². The van der Waals surface area contributed by atoms with Gasteiger partial charge in [-0.25, -0.2) is 8.42 Å². The molecule has 2 saturated heterocycles. The Morgan fingerprint density at radius 1 is 1.15 bits per heavy atom. The maximum atomic E-state index is 11.7. The molecular weight excluding hydrogens is 276 g/mol. The van der Waals surface area contributed by atoms with Gasteiger partial charge in [0.25, 0.3) is 0 Å². The lowest BCUT2D eigenvalue weighted by Crippen LogP contribution is -2.48. The van der Waals surface area contributed by atoms with E-state index in [9.17, 15) is 13.2 Å². The molecule has 1 amide bonds. The van der Waals surface area contributed by atoms with Gasteiger partial charge in [-0.1, -0.05) is 0 Å². The van der Waals surface area contributed by atoms with Crippen molar-refractivity contribution in [1.29, 1.82) is 0 Å². The van der Waals surface area contributed by atoms with E-state index in [0.29, 0.717) is 18.5 Å². The molecule has 0 bridgehead atoms. The van der Waals surface area contributed by atoms with E-state index in [1.54, 1.807) is 6.92 Å². The summed E-state index contributed by atoms with van der Waals surface area (Å²) in [5.41, 5.74) is 0. The lowest BCUT2D eigenvalue weighted by atomic mass is 10.0. The van der Waals surface area contributed by atoms with Crippen LogP contribution in [0, 0.1) is 0 Å². The average molecular weight is 302 g/mol. The molecule has 0 radical (unpaired) electrons. The summed E-state index contributed by atoms with van der Waals surface area (Å²) in [6.07, 6.45) is 6.47. The van der Waals surface area contributed by atoms with Gasteiger partial charge < -0.3 is 4.90 Å². The largest absolute Gasteiger partial charge is 0.338 e. The summed E-state index contributed by atoms with van der Waals surface area (Å²) >= 11 is 0. The first-order chi connectivity index (χ1) is 9.38. The molecule has 2 atom stereocenters. The molecule has 20 heavy (non-hydrogen) atoms. The van der Waals surface area contributed by atoms with Crippen LogP contribution in [0.1, 0.15) is 39.0 Å². The number of hydrogen-bond donors (Lipinski definition) is 0. The lowest BCUT2D eigenvalue weighted by molar-refractivity contribution is -0.130. The second-order valence-electron chi connectivity index (χ2n) is 6.15. The van der Waals surface area contributed by atoms with E-state index in [1.165, 1.54) is 6.26 Å². The van der Waals surface area contributed by atoms with Gasteiger partial charge >= 0.3 is 0 Å². The number of hydrogen-bond acceptors (Lipinski definition) is 4. The van der Waals surface area contributed by atoms with E-state index in [-0.39, 0.29) is 11.7 Å². The second kappa shape index (κ2) is 6.43. The van der Waals surface area contributed by atoms with Crippen molar-refractivity contribution < 1.29 is 13.2 Å². The Morgan fingerprint density at radius 2 is 1.80 bits per heavy atom. The van der Waals surface area contributed by atoms with Gasteiger partial charge in [-0.2, -0.15) is 0 Å². The van der Waals surface area contributed by atoms with Gasteiger partial charge in [0.05, 0.1) is 5.75 Å². The molecule has 116 valence electrons. The van der Waals surface area contributed by atoms with E-state index in [0.717, 1.165) is 45.3 Å². The van der Waals surface area contributed by atoms with E-state index >= 15 is 0 Å². The molecule has 2 heterocycles. The molecule has 5 nitrogen and oxygen atoms in total. The molecular formula is C14H26N2O3S. The molecule has 0 aliphatic carbocycles. The van der Waals surface area contributed by atoms with Gasteiger partial charge in [-0.15, -0.1) is 0 Å². The third-order valence-corrected chi connectivity index (χ3v) is 5.55. The minimum atomic E-state index is -2.87. The Balaban J connectivity index is 1.91. The van der Waals surface area contributed by atoms with Crippen molar-refractivity contribution in [3.63, 3.8) is 0 Å². The summed E-state index contributed by atoms with van der Waals surface area (Å²) in [6.45, 7) is 4.41. The van der Waals surface area contributed by atoms with Gasteiger partial charge in [-0.05, 0) is 45.2 Å². The maximum Gasteiger partial charge on any atom is 0.219 e. The summed E-state index contributed by atoms with van der Waals surface area (Å²) in [7, 11) is -2.87. The molecule has 2 aliphatic heterocycles. The van der Waals surface area contributed by atoms with Crippen molar-refractivity contribution >= 4 is 15.7 Å². The van der Waals surface area contributed by atoms with Gasteiger partial charge in [0.1, 0.15) is 9.84 Å². The quantitative estimate of drug-likeness (QED) is 0.757. The summed E-state index contributed by atoms with van der Waals surface area (Å²) in [5, 5.41) is 0. The van der Waals surface area contributed by atoms with Crippen molar-refractivity contribution in [3.05, 3.63) is 0 Å². The molecule has 0 N–H and O–H groups in total. The van der Waals surface area contributed by atoms with Gasteiger partial charge in [-0.3, -0.25) is 9.69 Å². The molecule has 2 rings (SSSR count). The molecule has 2 fully saturated rings. The van der Waals surface area contributed by atoms with Crippen LogP contribution < -0.4 is 0 Å². The fourth-order valence-corrected chi connectivity index (χ4v) is 4.33. The van der Waals surface area contributed by atoms with Crippen molar-refractivity contribution in [3.8, 4) is 0 Å². The topological polar surface area (TPSA) is 57.7 Å². The van der Waals surface area contributed by atoms with Crippen LogP contribution in [0.5, 0.6) is 0 Å². The highest BCUT2D eigenvalue weighted by molar-refractivity contribution is 7.90. The van der Waals surface area contributed by atoms with Crippen LogP contribution >= 0.6 is 0 Å². The van der Waals surface area contributed by atoms with E-state index in [2.05, 4.69) is 4.90 Å². The van der Waals surface area contributed by atoms with Crippen LogP contribution in [-0.4, -0.2) is 67.9 Å². The minimum absolute atomic E-state index is 0.176. The van der Waals surface area contributed by atoms with Gasteiger partial charge in [0.2, 0.25) is 5.91 Å². The third-order valence-electron chi connectivity index (χ3n) is 4.52. The molecule has 2 aliphatic rings. The number of amides is 1. The maximum absolute atomic E-state index is 11.7. The Kier molecular flexibility index (Phi) is 5.07. The number of rotatable bonds is 5. The SMILES string of the molecule is CC(=O)N1CCC[C@@H]1[C@H]1CCCN1CCCS(C)(=O)=O. The molecule has 0 aromatic heterocycles. The third kappa shape index (κ3) is 3.95. The molecule has 0 aromatic carbocycles. The number of likely N-dealkylation sites (tertiary alicyclic amines) is 2. The zero-order chi connectivity index (χ0) is 14.8. The van der Waals surface area contributed by atoms with Gasteiger partial charge in [0, 0.05) is 31.8 Å². The monoisotopic (exact) mass is 302 g/mol. The highest BCUT2D eigenvalue weighted by atomic mass is 32.2. The highest BCUT2D eigenvalue weighted by Gasteiger charge is 2.38. The van der Waals surface area contributed by atoms with Crippen molar-refractivity contribution in [1.82, 2.24) is 9.80 Å². The van der Waals surface area contributed by atoms with E-state index in [1.807, 2.05) is 4.90 Å². The number of carbonyl (C=O) groups excluding carboxylic acids is 1. The predicted molar refractivity (Wildman–Crippen MR) is 79.3 cm³/mol. The first-order valence-electron chi connectivity index (χ1n) is 7.57.